The molecule has 0 aliphatic carbocycles. The molecule has 142 valence electrons. The molecule has 6 nitrogen and oxygen atoms in total. The highest BCUT2D eigenvalue weighted by molar-refractivity contribution is 7.13. The summed E-state index contributed by atoms with van der Waals surface area (Å²) in [5, 5.41) is 10.3. The first-order valence-electron chi connectivity index (χ1n) is 8.29. The van der Waals surface area contributed by atoms with E-state index in [4.69, 9.17) is 20.6 Å². The molecule has 8 heteroatoms. The summed E-state index contributed by atoms with van der Waals surface area (Å²) in [6, 6.07) is 11.2. The molecule has 0 spiro atoms. The summed E-state index contributed by atoms with van der Waals surface area (Å²) in [4.78, 5) is 9.06. The number of nitrogens with two attached hydrogens (primary N) is 1. The normalized spacial score (nSPS) is 10.1. The van der Waals surface area contributed by atoms with Crippen LogP contribution in [0.2, 0.25) is 0 Å². The first-order chi connectivity index (χ1) is 12.6. The molecule has 0 atom stereocenters. The van der Waals surface area contributed by atoms with Gasteiger partial charge in [-0.1, -0.05) is 6.07 Å². The molecule has 3 aromatic rings. The zero-order valence-electron chi connectivity index (χ0n) is 15.1. The maximum Gasteiger partial charge on any atom is 0.161 e. The van der Waals surface area contributed by atoms with Crippen LogP contribution < -0.4 is 15.2 Å². The highest BCUT2D eigenvalue weighted by atomic mass is 35.5. The number of rotatable bonds is 7. The predicted octanol–water partition coefficient (Wildman–Crippen LogP) is 4.38. The smallest absolute Gasteiger partial charge is 0.161 e. The first-order valence-corrected chi connectivity index (χ1v) is 9.17. The predicted molar refractivity (Wildman–Crippen MR) is 111 cm³/mol. The van der Waals surface area contributed by atoms with Gasteiger partial charge in [0.2, 0.25) is 0 Å². The molecule has 0 saturated carbocycles. The van der Waals surface area contributed by atoms with Crippen molar-refractivity contribution in [1.82, 2.24) is 9.97 Å². The lowest BCUT2D eigenvalue weighted by molar-refractivity contribution is 0.288. The maximum atomic E-state index is 7.52. The average molecular weight is 405 g/mol. The van der Waals surface area contributed by atoms with Gasteiger partial charge in [0, 0.05) is 10.9 Å². The van der Waals surface area contributed by atoms with Crippen molar-refractivity contribution in [2.24, 2.45) is 5.73 Å². The van der Waals surface area contributed by atoms with Crippen LogP contribution in [0.15, 0.2) is 41.8 Å². The van der Waals surface area contributed by atoms with Gasteiger partial charge in [0.15, 0.2) is 11.5 Å². The zero-order chi connectivity index (χ0) is 18.5. The molecule has 0 fully saturated rings. The van der Waals surface area contributed by atoms with E-state index in [1.165, 1.54) is 11.3 Å². The van der Waals surface area contributed by atoms with Crippen LogP contribution in [-0.2, 0) is 0 Å². The van der Waals surface area contributed by atoms with Crippen LogP contribution in [0, 0.1) is 5.41 Å². The molecule has 0 bridgehead atoms. The number of aromatic nitrogens is 2. The number of hydrogen-bond donors (Lipinski definition) is 2. The third kappa shape index (κ3) is 4.75. The fraction of sp³-hybridized carbons (Fsp3) is 0.211. The number of amidine groups is 1. The van der Waals surface area contributed by atoms with Gasteiger partial charge in [-0.2, -0.15) is 0 Å². The van der Waals surface area contributed by atoms with Crippen LogP contribution in [0.1, 0.15) is 19.5 Å². The van der Waals surface area contributed by atoms with Gasteiger partial charge in [-0.3, -0.25) is 5.41 Å². The van der Waals surface area contributed by atoms with Gasteiger partial charge in [-0.15, -0.1) is 23.7 Å². The summed E-state index contributed by atoms with van der Waals surface area (Å²) < 4.78 is 11.3. The lowest BCUT2D eigenvalue weighted by atomic mass is 10.2. The molecular weight excluding hydrogens is 384 g/mol. The van der Waals surface area contributed by atoms with E-state index in [1.807, 2.05) is 49.6 Å². The zero-order valence-corrected chi connectivity index (χ0v) is 16.7. The highest BCUT2D eigenvalue weighted by Gasteiger charge is 2.12. The standard InChI is InChI=1S/C19H20N4O2S.ClH/c1-3-24-16-9-8-12(10-17(16)25-4-2)19-23-15(11-26-19)13-6-5-7-14(22-13)18(20)21;/h5-11H,3-4H2,1-2H3,(H3,20,21);1H. The van der Waals surface area contributed by atoms with Crippen molar-refractivity contribution in [3.63, 3.8) is 0 Å². The topological polar surface area (TPSA) is 94.1 Å². The number of halogens is 1. The monoisotopic (exact) mass is 404 g/mol. The van der Waals surface area contributed by atoms with Gasteiger partial charge in [0.05, 0.1) is 18.9 Å². The average Bonchev–Trinajstić information content (AvgIpc) is 3.14. The summed E-state index contributed by atoms with van der Waals surface area (Å²) in [7, 11) is 0. The number of pyridine rings is 1. The molecule has 3 N–H and O–H groups in total. The molecule has 0 radical (unpaired) electrons. The largest absolute Gasteiger partial charge is 0.490 e. The van der Waals surface area contributed by atoms with E-state index in [9.17, 15) is 0 Å². The van der Waals surface area contributed by atoms with Gasteiger partial charge >= 0.3 is 0 Å². The van der Waals surface area contributed by atoms with E-state index in [0.29, 0.717) is 30.4 Å². The highest BCUT2D eigenvalue weighted by Crippen LogP contribution is 2.35. The van der Waals surface area contributed by atoms with Crippen LogP contribution >= 0.6 is 23.7 Å². The van der Waals surface area contributed by atoms with Gasteiger partial charge in [0.1, 0.15) is 22.2 Å². The SMILES string of the molecule is CCOc1ccc(-c2nc(-c3cccc(C(=N)N)n3)cs2)cc1OCC.Cl. The van der Waals surface area contributed by atoms with E-state index >= 15 is 0 Å². The molecule has 3 rings (SSSR count). The third-order valence-electron chi connectivity index (χ3n) is 3.58. The number of nitrogen functional groups attached to an aromatic ring is 1. The van der Waals surface area contributed by atoms with Crippen molar-refractivity contribution in [2.75, 3.05) is 13.2 Å². The second kappa shape index (κ2) is 9.34. The van der Waals surface area contributed by atoms with Crippen LogP contribution in [0.25, 0.3) is 22.0 Å². The summed E-state index contributed by atoms with van der Waals surface area (Å²) in [6.07, 6.45) is 0. The molecule has 0 aliphatic rings. The van der Waals surface area contributed by atoms with E-state index in [0.717, 1.165) is 22.0 Å². The van der Waals surface area contributed by atoms with E-state index in [-0.39, 0.29) is 18.2 Å². The first kappa shape index (κ1) is 20.7. The Hall–Kier alpha value is -2.64. The third-order valence-corrected chi connectivity index (χ3v) is 4.47. The maximum absolute atomic E-state index is 7.52. The van der Waals surface area contributed by atoms with Crippen molar-refractivity contribution >= 4 is 29.6 Å². The lowest BCUT2D eigenvalue weighted by Gasteiger charge is -2.11. The fourth-order valence-corrected chi connectivity index (χ4v) is 3.25. The Labute approximate surface area is 168 Å². The Morgan fingerprint density at radius 2 is 1.78 bits per heavy atom. The summed E-state index contributed by atoms with van der Waals surface area (Å²) in [5.41, 5.74) is 8.35. The quantitative estimate of drug-likeness (QED) is 0.450. The van der Waals surface area contributed by atoms with Crippen LogP contribution in [0.5, 0.6) is 11.5 Å². The minimum Gasteiger partial charge on any atom is -0.490 e. The second-order valence-corrected chi connectivity index (χ2v) is 6.25. The molecule has 2 aromatic heterocycles. The Morgan fingerprint density at radius 3 is 2.48 bits per heavy atom. The van der Waals surface area contributed by atoms with Crippen molar-refractivity contribution in [3.8, 4) is 33.5 Å². The number of thiazole rings is 1. The number of hydrogen-bond acceptors (Lipinski definition) is 6. The minimum absolute atomic E-state index is 0. The number of ether oxygens (including phenoxy) is 2. The van der Waals surface area contributed by atoms with Crippen molar-refractivity contribution in [3.05, 3.63) is 47.5 Å². The number of benzene rings is 1. The van der Waals surface area contributed by atoms with Crippen LogP contribution in [0.3, 0.4) is 0 Å². The van der Waals surface area contributed by atoms with Crippen LogP contribution in [0.4, 0.5) is 0 Å². The summed E-state index contributed by atoms with van der Waals surface area (Å²) in [6.45, 7) is 5.03. The molecule has 2 heterocycles. The van der Waals surface area contributed by atoms with Crippen molar-refractivity contribution in [2.45, 2.75) is 13.8 Å². The molecule has 0 unspecified atom stereocenters. The van der Waals surface area contributed by atoms with Gasteiger partial charge in [0.25, 0.3) is 0 Å². The van der Waals surface area contributed by atoms with E-state index in [1.54, 1.807) is 6.07 Å². The van der Waals surface area contributed by atoms with Gasteiger partial charge in [-0.05, 0) is 44.2 Å². The number of nitrogens with one attached hydrogen (secondary N) is 1. The molecule has 1 aromatic carbocycles. The minimum atomic E-state index is -0.0600. The van der Waals surface area contributed by atoms with Crippen molar-refractivity contribution in [1.29, 1.82) is 5.41 Å². The molecule has 27 heavy (non-hydrogen) atoms. The van der Waals surface area contributed by atoms with Crippen molar-refractivity contribution < 1.29 is 9.47 Å². The van der Waals surface area contributed by atoms with Gasteiger partial charge in [-0.25, -0.2) is 9.97 Å². The second-order valence-electron chi connectivity index (χ2n) is 5.39. The van der Waals surface area contributed by atoms with E-state index in [2.05, 4.69) is 9.97 Å². The van der Waals surface area contributed by atoms with Crippen LogP contribution in [-0.4, -0.2) is 29.0 Å². The molecule has 0 saturated heterocycles. The lowest BCUT2D eigenvalue weighted by Crippen LogP contribution is -2.13. The molecular formula is C19H21ClN4O2S. The van der Waals surface area contributed by atoms with E-state index < -0.39 is 0 Å². The summed E-state index contributed by atoms with van der Waals surface area (Å²) >= 11 is 1.53. The Balaban J connectivity index is 0.00000261. The fourth-order valence-electron chi connectivity index (χ4n) is 2.44. The molecule has 0 aliphatic heterocycles. The Bertz CT molecular complexity index is 930. The summed E-state index contributed by atoms with van der Waals surface area (Å²) in [5.74, 6) is 1.38. The Morgan fingerprint density at radius 1 is 1.04 bits per heavy atom. The Kier molecular flexibility index (Phi) is 7.15. The number of nitrogens with zero attached hydrogens (tertiary/aromatic N) is 2. The van der Waals surface area contributed by atoms with Gasteiger partial charge < -0.3 is 15.2 Å². The molecule has 0 amide bonds.